The number of fused-ring (bicyclic) bond motifs is 2. The standard InChI is InChI=1S/C15H19ClN2O2/c1-14(2,3)20-13(19)18-8-15(9-18)7-17-12-6-10(16)4-5-11(12)15/h4-6,17H,7-9H2,1-3H3. The second-order valence-electron chi connectivity index (χ2n) is 6.66. The molecule has 108 valence electrons. The van der Waals surface area contributed by atoms with Crippen LogP contribution in [0.2, 0.25) is 5.02 Å². The van der Waals surface area contributed by atoms with E-state index in [1.807, 2.05) is 32.9 Å². The quantitative estimate of drug-likeness (QED) is 0.798. The van der Waals surface area contributed by atoms with Crippen molar-refractivity contribution in [2.75, 3.05) is 25.0 Å². The maximum atomic E-state index is 12.0. The van der Waals surface area contributed by atoms with E-state index in [2.05, 4.69) is 11.4 Å². The zero-order valence-electron chi connectivity index (χ0n) is 12.0. The molecule has 3 rings (SSSR count). The van der Waals surface area contributed by atoms with Crippen LogP contribution in [-0.4, -0.2) is 36.2 Å². The Kier molecular flexibility index (Phi) is 2.91. The van der Waals surface area contributed by atoms with E-state index in [4.69, 9.17) is 16.3 Å². The van der Waals surface area contributed by atoms with E-state index in [1.165, 1.54) is 5.56 Å². The predicted molar refractivity (Wildman–Crippen MR) is 79.4 cm³/mol. The molecule has 1 aromatic carbocycles. The lowest BCUT2D eigenvalue weighted by molar-refractivity contribution is -0.00627. The van der Waals surface area contributed by atoms with Gasteiger partial charge in [-0.1, -0.05) is 17.7 Å². The molecule has 20 heavy (non-hydrogen) atoms. The molecule has 2 aliphatic heterocycles. The number of carbonyl (C=O) groups is 1. The summed E-state index contributed by atoms with van der Waals surface area (Å²) in [4.78, 5) is 13.8. The first kappa shape index (κ1) is 13.6. The molecule has 0 aromatic heterocycles. The third-order valence-corrected chi connectivity index (χ3v) is 4.04. The number of hydrogen-bond acceptors (Lipinski definition) is 3. The molecule has 5 heteroatoms. The molecule has 1 amide bonds. The summed E-state index contributed by atoms with van der Waals surface area (Å²) in [6, 6.07) is 5.91. The van der Waals surface area contributed by atoms with Gasteiger partial charge in [-0.3, -0.25) is 0 Å². The number of halogens is 1. The third-order valence-electron chi connectivity index (χ3n) is 3.81. The van der Waals surface area contributed by atoms with Gasteiger partial charge >= 0.3 is 6.09 Å². The highest BCUT2D eigenvalue weighted by atomic mass is 35.5. The molecule has 1 saturated heterocycles. The Bertz CT molecular complexity index is 559. The van der Waals surface area contributed by atoms with E-state index >= 15 is 0 Å². The zero-order chi connectivity index (χ0) is 14.5. The Balaban J connectivity index is 1.71. The number of hydrogen-bond donors (Lipinski definition) is 1. The van der Waals surface area contributed by atoms with Gasteiger partial charge in [0.15, 0.2) is 0 Å². The van der Waals surface area contributed by atoms with Crippen LogP contribution in [0, 0.1) is 0 Å². The molecule has 0 saturated carbocycles. The normalized spacial score (nSPS) is 19.3. The van der Waals surface area contributed by atoms with Gasteiger partial charge in [0.05, 0.1) is 5.41 Å². The van der Waals surface area contributed by atoms with Gasteiger partial charge in [0.25, 0.3) is 0 Å². The van der Waals surface area contributed by atoms with Gasteiger partial charge in [0, 0.05) is 30.3 Å². The number of nitrogens with one attached hydrogen (secondary N) is 1. The van der Waals surface area contributed by atoms with Crippen molar-refractivity contribution in [3.05, 3.63) is 28.8 Å². The number of anilines is 1. The summed E-state index contributed by atoms with van der Waals surface area (Å²) in [7, 11) is 0. The number of nitrogens with zero attached hydrogens (tertiary/aromatic N) is 1. The summed E-state index contributed by atoms with van der Waals surface area (Å²) in [5.41, 5.74) is 1.92. The number of carbonyl (C=O) groups excluding carboxylic acids is 1. The van der Waals surface area contributed by atoms with Crippen molar-refractivity contribution in [1.82, 2.24) is 4.90 Å². The highest BCUT2D eigenvalue weighted by Crippen LogP contribution is 2.44. The Morgan fingerprint density at radius 2 is 2.10 bits per heavy atom. The molecule has 1 N–H and O–H groups in total. The van der Waals surface area contributed by atoms with Crippen LogP contribution in [0.3, 0.4) is 0 Å². The molecule has 0 unspecified atom stereocenters. The lowest BCUT2D eigenvalue weighted by Crippen LogP contribution is -2.62. The van der Waals surface area contributed by atoms with Crippen LogP contribution in [0.4, 0.5) is 10.5 Å². The predicted octanol–water partition coefficient (Wildman–Crippen LogP) is 3.25. The summed E-state index contributed by atoms with van der Waals surface area (Å²) >= 11 is 6.00. The minimum Gasteiger partial charge on any atom is -0.444 e. The number of likely N-dealkylation sites (tertiary alicyclic amines) is 1. The average molecular weight is 295 g/mol. The highest BCUT2D eigenvalue weighted by Gasteiger charge is 2.51. The average Bonchev–Trinajstić information content (AvgIpc) is 2.62. The second-order valence-corrected chi connectivity index (χ2v) is 7.10. The van der Waals surface area contributed by atoms with Crippen molar-refractivity contribution in [2.24, 2.45) is 0 Å². The molecular formula is C15H19ClN2O2. The summed E-state index contributed by atoms with van der Waals surface area (Å²) < 4.78 is 5.40. The fourth-order valence-corrected chi connectivity index (χ4v) is 3.08. The van der Waals surface area contributed by atoms with Crippen LogP contribution in [0.1, 0.15) is 26.3 Å². The molecule has 0 atom stereocenters. The van der Waals surface area contributed by atoms with Gasteiger partial charge < -0.3 is 15.0 Å². The fourth-order valence-electron chi connectivity index (χ4n) is 2.91. The molecule has 1 spiro atoms. The summed E-state index contributed by atoms with van der Waals surface area (Å²) in [5.74, 6) is 0. The van der Waals surface area contributed by atoms with Crippen molar-refractivity contribution >= 4 is 23.4 Å². The third kappa shape index (κ3) is 2.22. The highest BCUT2D eigenvalue weighted by molar-refractivity contribution is 6.30. The van der Waals surface area contributed by atoms with Crippen LogP contribution in [0.5, 0.6) is 0 Å². The van der Waals surface area contributed by atoms with Crippen molar-refractivity contribution in [3.63, 3.8) is 0 Å². The molecule has 0 radical (unpaired) electrons. The molecule has 1 fully saturated rings. The van der Waals surface area contributed by atoms with Crippen LogP contribution >= 0.6 is 11.6 Å². The number of ether oxygens (including phenoxy) is 1. The van der Waals surface area contributed by atoms with Crippen LogP contribution in [0.15, 0.2) is 18.2 Å². The van der Waals surface area contributed by atoms with E-state index < -0.39 is 5.60 Å². The molecule has 2 aliphatic rings. The van der Waals surface area contributed by atoms with E-state index in [0.29, 0.717) is 13.1 Å². The van der Waals surface area contributed by atoms with Crippen molar-refractivity contribution in [2.45, 2.75) is 31.8 Å². The number of benzene rings is 1. The van der Waals surface area contributed by atoms with Gasteiger partial charge in [-0.25, -0.2) is 4.79 Å². The molecule has 0 bridgehead atoms. The van der Waals surface area contributed by atoms with Crippen LogP contribution in [-0.2, 0) is 10.2 Å². The zero-order valence-corrected chi connectivity index (χ0v) is 12.8. The lowest BCUT2D eigenvalue weighted by Gasteiger charge is -2.47. The molecule has 2 heterocycles. The van der Waals surface area contributed by atoms with Crippen molar-refractivity contribution < 1.29 is 9.53 Å². The smallest absolute Gasteiger partial charge is 0.410 e. The minimum atomic E-state index is -0.445. The fraction of sp³-hybridized carbons (Fsp3) is 0.533. The maximum Gasteiger partial charge on any atom is 0.410 e. The summed E-state index contributed by atoms with van der Waals surface area (Å²) in [5, 5.41) is 4.11. The van der Waals surface area contributed by atoms with E-state index in [1.54, 1.807) is 4.90 Å². The van der Waals surface area contributed by atoms with E-state index in [-0.39, 0.29) is 11.5 Å². The Morgan fingerprint density at radius 1 is 1.40 bits per heavy atom. The molecule has 1 aromatic rings. The van der Waals surface area contributed by atoms with E-state index in [0.717, 1.165) is 17.3 Å². The van der Waals surface area contributed by atoms with Crippen molar-refractivity contribution in [1.29, 1.82) is 0 Å². The first-order chi connectivity index (χ1) is 9.29. The number of rotatable bonds is 0. The minimum absolute atomic E-state index is 0.0246. The monoisotopic (exact) mass is 294 g/mol. The summed E-state index contributed by atoms with van der Waals surface area (Å²) in [6.45, 7) is 7.90. The first-order valence-electron chi connectivity index (χ1n) is 6.81. The Labute approximate surface area is 124 Å². The van der Waals surface area contributed by atoms with Crippen LogP contribution in [0.25, 0.3) is 0 Å². The molecule has 0 aliphatic carbocycles. The van der Waals surface area contributed by atoms with Gasteiger partial charge in [-0.2, -0.15) is 0 Å². The Hall–Kier alpha value is -1.42. The summed E-state index contributed by atoms with van der Waals surface area (Å²) in [6.07, 6.45) is -0.231. The van der Waals surface area contributed by atoms with Crippen LogP contribution < -0.4 is 5.32 Å². The topological polar surface area (TPSA) is 41.6 Å². The molecular weight excluding hydrogens is 276 g/mol. The SMILES string of the molecule is CC(C)(C)OC(=O)N1CC2(CNc3cc(Cl)ccc32)C1. The van der Waals surface area contributed by atoms with Gasteiger partial charge in [-0.15, -0.1) is 0 Å². The van der Waals surface area contributed by atoms with E-state index in [9.17, 15) is 4.79 Å². The Morgan fingerprint density at radius 3 is 2.75 bits per heavy atom. The second kappa shape index (κ2) is 4.29. The maximum absolute atomic E-state index is 12.0. The number of amides is 1. The van der Waals surface area contributed by atoms with Gasteiger partial charge in [0.1, 0.15) is 5.60 Å². The van der Waals surface area contributed by atoms with Crippen molar-refractivity contribution in [3.8, 4) is 0 Å². The van der Waals surface area contributed by atoms with Gasteiger partial charge in [0.2, 0.25) is 0 Å². The largest absolute Gasteiger partial charge is 0.444 e. The molecule has 4 nitrogen and oxygen atoms in total. The lowest BCUT2D eigenvalue weighted by atomic mass is 9.75. The van der Waals surface area contributed by atoms with Gasteiger partial charge in [-0.05, 0) is 38.5 Å². The first-order valence-corrected chi connectivity index (χ1v) is 7.19.